The molecule has 0 radical (unpaired) electrons. The number of piperidine rings is 3. The van der Waals surface area contributed by atoms with Gasteiger partial charge >= 0.3 is 0 Å². The highest BCUT2D eigenvalue weighted by atomic mass is 16.3. The standard InChI is InChI=1S/C14H19NO2/c16-13-2-1-11(9-14(13)17)8-12-7-10-3-5-15(12)6-4-10/h1-2,9-10,12,16-17H,3-8H2/p+1/t12-/m1/s1. The zero-order chi connectivity index (χ0) is 11.8. The van der Waals surface area contributed by atoms with Crippen LogP contribution in [0.4, 0.5) is 0 Å². The molecule has 3 N–H and O–H groups in total. The molecule has 0 unspecified atom stereocenters. The van der Waals surface area contributed by atoms with E-state index in [1.54, 1.807) is 17.0 Å². The van der Waals surface area contributed by atoms with Gasteiger partial charge in [0.25, 0.3) is 0 Å². The summed E-state index contributed by atoms with van der Waals surface area (Å²) < 4.78 is 0. The van der Waals surface area contributed by atoms with E-state index < -0.39 is 0 Å². The van der Waals surface area contributed by atoms with Crippen LogP contribution in [0.1, 0.15) is 24.8 Å². The Morgan fingerprint density at radius 2 is 1.88 bits per heavy atom. The van der Waals surface area contributed by atoms with Gasteiger partial charge < -0.3 is 15.1 Å². The first-order valence-electron chi connectivity index (χ1n) is 6.58. The van der Waals surface area contributed by atoms with Gasteiger partial charge in [0, 0.05) is 12.8 Å². The predicted octanol–water partition coefficient (Wildman–Crippen LogP) is 0.707. The van der Waals surface area contributed by atoms with Crippen LogP contribution in [0, 0.1) is 5.92 Å². The van der Waals surface area contributed by atoms with Crippen molar-refractivity contribution in [3.63, 3.8) is 0 Å². The van der Waals surface area contributed by atoms with E-state index in [1.807, 2.05) is 6.07 Å². The summed E-state index contributed by atoms with van der Waals surface area (Å²) in [5.41, 5.74) is 1.14. The lowest BCUT2D eigenvalue weighted by Gasteiger charge is -2.42. The van der Waals surface area contributed by atoms with E-state index in [0.29, 0.717) is 6.04 Å². The summed E-state index contributed by atoms with van der Waals surface area (Å²) in [6.45, 7) is 2.64. The van der Waals surface area contributed by atoms with Crippen LogP contribution in [0.2, 0.25) is 0 Å². The van der Waals surface area contributed by atoms with Crippen LogP contribution in [0.15, 0.2) is 18.2 Å². The molecular weight excluding hydrogens is 214 g/mol. The molecule has 4 rings (SSSR count). The van der Waals surface area contributed by atoms with E-state index >= 15 is 0 Å². The summed E-state index contributed by atoms with van der Waals surface area (Å²) in [5.74, 6) is 0.920. The molecule has 92 valence electrons. The van der Waals surface area contributed by atoms with Gasteiger partial charge in [-0.05, 0) is 36.5 Å². The number of fused-ring (bicyclic) bond motifs is 3. The first-order valence-corrected chi connectivity index (χ1v) is 6.58. The Bertz CT molecular complexity index is 411. The molecule has 3 heterocycles. The largest absolute Gasteiger partial charge is 0.504 e. The number of benzene rings is 1. The van der Waals surface area contributed by atoms with E-state index in [1.165, 1.54) is 32.4 Å². The Kier molecular flexibility index (Phi) is 2.71. The van der Waals surface area contributed by atoms with E-state index in [4.69, 9.17) is 0 Å². The molecule has 1 aromatic rings. The van der Waals surface area contributed by atoms with Crippen LogP contribution in [-0.2, 0) is 6.42 Å². The molecular formula is C14H20NO2+. The average molecular weight is 234 g/mol. The molecule has 0 aliphatic carbocycles. The van der Waals surface area contributed by atoms with Gasteiger partial charge in [0.15, 0.2) is 11.5 Å². The van der Waals surface area contributed by atoms with Crippen LogP contribution in [-0.4, -0.2) is 29.3 Å². The summed E-state index contributed by atoms with van der Waals surface area (Å²) >= 11 is 0. The number of hydrogen-bond acceptors (Lipinski definition) is 2. The fourth-order valence-corrected chi connectivity index (χ4v) is 3.47. The molecule has 0 aromatic heterocycles. The first-order chi connectivity index (χ1) is 8.22. The molecule has 1 atom stereocenters. The molecule has 0 amide bonds. The Morgan fingerprint density at radius 3 is 2.47 bits per heavy atom. The molecule has 3 nitrogen and oxygen atoms in total. The lowest BCUT2D eigenvalue weighted by Crippen LogP contribution is -3.18. The van der Waals surface area contributed by atoms with Crippen molar-refractivity contribution in [2.24, 2.45) is 5.92 Å². The number of phenols is 2. The van der Waals surface area contributed by atoms with E-state index in [-0.39, 0.29) is 11.5 Å². The molecule has 2 bridgehead atoms. The monoisotopic (exact) mass is 234 g/mol. The molecule has 0 spiro atoms. The van der Waals surface area contributed by atoms with Gasteiger partial charge in [-0.1, -0.05) is 6.07 Å². The van der Waals surface area contributed by atoms with Gasteiger partial charge in [0.05, 0.1) is 19.1 Å². The SMILES string of the molecule is Oc1ccc(C[C@H]2CC3CC[NH+]2CC3)cc1O. The smallest absolute Gasteiger partial charge is 0.157 e. The number of hydrogen-bond donors (Lipinski definition) is 3. The number of quaternary nitrogens is 1. The fourth-order valence-electron chi connectivity index (χ4n) is 3.47. The Hall–Kier alpha value is -1.22. The van der Waals surface area contributed by atoms with Crippen LogP contribution < -0.4 is 4.90 Å². The molecule has 3 aliphatic heterocycles. The molecule has 3 heteroatoms. The van der Waals surface area contributed by atoms with E-state index in [9.17, 15) is 10.2 Å². The second kappa shape index (κ2) is 4.22. The maximum atomic E-state index is 9.50. The molecule has 0 saturated carbocycles. The van der Waals surface area contributed by atoms with Crippen molar-refractivity contribution < 1.29 is 15.1 Å². The Morgan fingerprint density at radius 1 is 1.12 bits per heavy atom. The molecule has 17 heavy (non-hydrogen) atoms. The minimum Gasteiger partial charge on any atom is -0.504 e. The summed E-state index contributed by atoms with van der Waals surface area (Å²) in [4.78, 5) is 1.74. The highest BCUT2D eigenvalue weighted by molar-refractivity contribution is 5.40. The molecule has 3 aliphatic rings. The van der Waals surface area contributed by atoms with Gasteiger partial charge in [-0.3, -0.25) is 0 Å². The number of rotatable bonds is 2. The van der Waals surface area contributed by atoms with Gasteiger partial charge in [-0.25, -0.2) is 0 Å². The highest BCUT2D eigenvalue weighted by Gasteiger charge is 2.36. The second-order valence-corrected chi connectivity index (χ2v) is 5.56. The van der Waals surface area contributed by atoms with Crippen molar-refractivity contribution in [3.05, 3.63) is 23.8 Å². The van der Waals surface area contributed by atoms with Crippen molar-refractivity contribution in [1.29, 1.82) is 0 Å². The Balaban J connectivity index is 1.72. The third-order valence-corrected chi connectivity index (χ3v) is 4.46. The quantitative estimate of drug-likeness (QED) is 0.660. The summed E-state index contributed by atoms with van der Waals surface area (Å²) in [6.07, 6.45) is 5.15. The number of phenolic OH excluding ortho intramolecular Hbond substituents is 2. The highest BCUT2D eigenvalue weighted by Crippen LogP contribution is 2.27. The zero-order valence-corrected chi connectivity index (χ0v) is 10.0. The lowest BCUT2D eigenvalue weighted by molar-refractivity contribution is -0.941. The van der Waals surface area contributed by atoms with Crippen LogP contribution in [0.3, 0.4) is 0 Å². The second-order valence-electron chi connectivity index (χ2n) is 5.56. The molecule has 3 saturated heterocycles. The average Bonchev–Trinajstić information content (AvgIpc) is 2.35. The van der Waals surface area contributed by atoms with Crippen LogP contribution in [0.5, 0.6) is 11.5 Å². The summed E-state index contributed by atoms with van der Waals surface area (Å²) in [7, 11) is 0. The number of nitrogens with one attached hydrogen (secondary N) is 1. The van der Waals surface area contributed by atoms with Crippen molar-refractivity contribution in [1.82, 2.24) is 0 Å². The summed E-state index contributed by atoms with van der Waals surface area (Å²) in [6, 6.07) is 5.94. The normalized spacial score (nSPS) is 31.6. The van der Waals surface area contributed by atoms with E-state index in [0.717, 1.165) is 17.9 Å². The van der Waals surface area contributed by atoms with E-state index in [2.05, 4.69) is 0 Å². The number of aromatic hydroxyl groups is 2. The van der Waals surface area contributed by atoms with Gasteiger partial charge in [-0.2, -0.15) is 0 Å². The van der Waals surface area contributed by atoms with Crippen molar-refractivity contribution in [3.8, 4) is 11.5 Å². The lowest BCUT2D eigenvalue weighted by atomic mass is 9.81. The fraction of sp³-hybridized carbons (Fsp3) is 0.571. The third-order valence-electron chi connectivity index (χ3n) is 4.46. The van der Waals surface area contributed by atoms with Gasteiger partial charge in [0.2, 0.25) is 0 Å². The minimum absolute atomic E-state index is 0.00784. The first kappa shape index (κ1) is 10.9. The van der Waals surface area contributed by atoms with Crippen molar-refractivity contribution >= 4 is 0 Å². The van der Waals surface area contributed by atoms with Crippen LogP contribution in [0.25, 0.3) is 0 Å². The molecule has 1 aromatic carbocycles. The predicted molar refractivity (Wildman–Crippen MR) is 65.3 cm³/mol. The maximum Gasteiger partial charge on any atom is 0.157 e. The zero-order valence-electron chi connectivity index (χ0n) is 10.0. The Labute approximate surface area is 102 Å². The topological polar surface area (TPSA) is 44.9 Å². The van der Waals surface area contributed by atoms with Crippen molar-refractivity contribution in [2.75, 3.05) is 13.1 Å². The minimum atomic E-state index is -0.0217. The van der Waals surface area contributed by atoms with Crippen LogP contribution >= 0.6 is 0 Å². The summed E-state index contributed by atoms with van der Waals surface area (Å²) in [5, 5.41) is 18.8. The van der Waals surface area contributed by atoms with Gasteiger partial charge in [0.1, 0.15) is 0 Å². The molecule has 3 fully saturated rings. The van der Waals surface area contributed by atoms with Crippen molar-refractivity contribution in [2.45, 2.75) is 31.7 Å². The third kappa shape index (κ3) is 2.12. The van der Waals surface area contributed by atoms with Gasteiger partial charge in [-0.15, -0.1) is 0 Å². The maximum absolute atomic E-state index is 9.50.